The van der Waals surface area contributed by atoms with E-state index in [0.29, 0.717) is 0 Å². The maximum Gasteiger partial charge on any atom is 0.0921 e. The molecule has 0 aliphatic rings. The van der Waals surface area contributed by atoms with E-state index >= 15 is 0 Å². The first-order valence-corrected chi connectivity index (χ1v) is 4.21. The fraction of sp³-hybridized carbons (Fsp3) is 1.00. The molecule has 0 atom stereocenters. The average molecular weight is 150 g/mol. The standard InChI is InChI=1S/C6H14O2S/c1-3-8-6-9-5-4-7-2/h3-6H2,1-2H3. The third-order valence-electron chi connectivity index (χ3n) is 0.803. The van der Waals surface area contributed by atoms with Gasteiger partial charge in [0.15, 0.2) is 0 Å². The van der Waals surface area contributed by atoms with E-state index in [-0.39, 0.29) is 0 Å². The van der Waals surface area contributed by atoms with E-state index < -0.39 is 0 Å². The second kappa shape index (κ2) is 8.27. The highest BCUT2D eigenvalue weighted by atomic mass is 32.2. The molecule has 0 aliphatic carbocycles. The SMILES string of the molecule is CCOCSCCOC. The van der Waals surface area contributed by atoms with Crippen molar-refractivity contribution in [3.63, 3.8) is 0 Å². The zero-order chi connectivity index (χ0) is 6.95. The normalized spacial score (nSPS) is 10.0. The molecule has 0 aromatic rings. The lowest BCUT2D eigenvalue weighted by atomic mass is 10.9. The highest BCUT2D eigenvalue weighted by Crippen LogP contribution is 1.98. The summed E-state index contributed by atoms with van der Waals surface area (Å²) in [6, 6.07) is 0. The molecule has 0 spiro atoms. The van der Waals surface area contributed by atoms with Crippen LogP contribution in [0.2, 0.25) is 0 Å². The lowest BCUT2D eigenvalue weighted by Crippen LogP contribution is -1.95. The fourth-order valence-corrected chi connectivity index (χ4v) is 1.03. The van der Waals surface area contributed by atoms with Crippen molar-refractivity contribution in [3.05, 3.63) is 0 Å². The van der Waals surface area contributed by atoms with Crippen LogP contribution in [0.3, 0.4) is 0 Å². The van der Waals surface area contributed by atoms with Gasteiger partial charge in [0.25, 0.3) is 0 Å². The molecule has 9 heavy (non-hydrogen) atoms. The monoisotopic (exact) mass is 150 g/mol. The van der Waals surface area contributed by atoms with Crippen molar-refractivity contribution in [1.29, 1.82) is 0 Å². The third kappa shape index (κ3) is 8.27. The van der Waals surface area contributed by atoms with Gasteiger partial charge in [-0.2, -0.15) is 0 Å². The highest BCUT2D eigenvalue weighted by molar-refractivity contribution is 7.99. The first-order valence-electron chi connectivity index (χ1n) is 3.06. The molecule has 0 fully saturated rings. The molecule has 0 bridgehead atoms. The predicted octanol–water partition coefficient (Wildman–Crippen LogP) is 1.36. The lowest BCUT2D eigenvalue weighted by molar-refractivity contribution is 0.196. The molecule has 0 aromatic heterocycles. The van der Waals surface area contributed by atoms with E-state index in [1.807, 2.05) is 6.92 Å². The first-order chi connectivity index (χ1) is 4.41. The number of methoxy groups -OCH3 is 1. The van der Waals surface area contributed by atoms with Gasteiger partial charge in [-0.1, -0.05) is 0 Å². The summed E-state index contributed by atoms with van der Waals surface area (Å²) in [7, 11) is 1.71. The van der Waals surface area contributed by atoms with Crippen LogP contribution in [-0.4, -0.2) is 32.0 Å². The molecule has 0 radical (unpaired) electrons. The lowest BCUT2D eigenvalue weighted by Gasteiger charge is -1.99. The van der Waals surface area contributed by atoms with E-state index in [9.17, 15) is 0 Å². The number of rotatable bonds is 6. The Kier molecular flexibility index (Phi) is 8.52. The van der Waals surface area contributed by atoms with Gasteiger partial charge >= 0.3 is 0 Å². The molecular weight excluding hydrogens is 136 g/mol. The van der Waals surface area contributed by atoms with Crippen LogP contribution in [0.25, 0.3) is 0 Å². The van der Waals surface area contributed by atoms with Gasteiger partial charge in [0, 0.05) is 19.5 Å². The minimum absolute atomic E-state index is 0.792. The molecule has 0 heterocycles. The van der Waals surface area contributed by atoms with Crippen molar-refractivity contribution < 1.29 is 9.47 Å². The summed E-state index contributed by atoms with van der Waals surface area (Å²) in [6.07, 6.45) is 0. The van der Waals surface area contributed by atoms with Gasteiger partial charge in [-0.3, -0.25) is 0 Å². The van der Waals surface area contributed by atoms with Crippen LogP contribution in [-0.2, 0) is 9.47 Å². The third-order valence-corrected chi connectivity index (χ3v) is 1.59. The topological polar surface area (TPSA) is 18.5 Å². The molecule has 3 heteroatoms. The van der Waals surface area contributed by atoms with E-state index in [2.05, 4.69) is 0 Å². The van der Waals surface area contributed by atoms with Gasteiger partial charge < -0.3 is 9.47 Å². The van der Waals surface area contributed by atoms with Gasteiger partial charge in [-0.25, -0.2) is 0 Å². The Labute approximate surface area is 60.9 Å². The van der Waals surface area contributed by atoms with Crippen LogP contribution in [0.15, 0.2) is 0 Å². The maximum atomic E-state index is 5.09. The molecule has 0 rings (SSSR count). The smallest absolute Gasteiger partial charge is 0.0921 e. The van der Waals surface area contributed by atoms with Crippen LogP contribution < -0.4 is 0 Å². The number of hydrogen-bond donors (Lipinski definition) is 0. The molecule has 0 N–H and O–H groups in total. The molecule has 0 aliphatic heterocycles. The second-order valence-corrected chi connectivity index (χ2v) is 2.56. The molecule has 0 unspecified atom stereocenters. The highest BCUT2D eigenvalue weighted by Gasteiger charge is 1.85. The molecule has 0 aromatic carbocycles. The van der Waals surface area contributed by atoms with Crippen LogP contribution in [0.4, 0.5) is 0 Å². The molecule has 2 nitrogen and oxygen atoms in total. The first kappa shape index (κ1) is 9.27. The molecule has 56 valence electrons. The fourth-order valence-electron chi connectivity index (χ4n) is 0.343. The molecule has 0 saturated heterocycles. The van der Waals surface area contributed by atoms with Gasteiger partial charge in [-0.15, -0.1) is 11.8 Å². The van der Waals surface area contributed by atoms with Crippen LogP contribution in [0, 0.1) is 0 Å². The Hall–Kier alpha value is 0.270. The summed E-state index contributed by atoms with van der Waals surface area (Å²) < 4.78 is 9.93. The minimum atomic E-state index is 0.792. The second-order valence-electron chi connectivity index (χ2n) is 1.51. The van der Waals surface area contributed by atoms with Gasteiger partial charge in [0.05, 0.1) is 12.5 Å². The quantitative estimate of drug-likeness (QED) is 0.421. The van der Waals surface area contributed by atoms with Crippen LogP contribution in [0.5, 0.6) is 0 Å². The van der Waals surface area contributed by atoms with Crippen molar-refractivity contribution >= 4 is 11.8 Å². The Morgan fingerprint density at radius 2 is 2.22 bits per heavy atom. The Balaban J connectivity index is 2.60. The molecular formula is C6H14O2S. The van der Waals surface area contributed by atoms with E-state index in [4.69, 9.17) is 9.47 Å². The van der Waals surface area contributed by atoms with Gasteiger partial charge in [0.2, 0.25) is 0 Å². The van der Waals surface area contributed by atoms with E-state index in [0.717, 1.165) is 24.9 Å². The summed E-state index contributed by atoms with van der Waals surface area (Å²) in [4.78, 5) is 0. The maximum absolute atomic E-state index is 5.09. The number of ether oxygens (including phenoxy) is 2. The predicted molar refractivity (Wildman–Crippen MR) is 40.8 cm³/mol. The zero-order valence-corrected chi connectivity index (χ0v) is 6.87. The van der Waals surface area contributed by atoms with Crippen molar-refractivity contribution in [1.82, 2.24) is 0 Å². The molecule has 0 saturated carbocycles. The van der Waals surface area contributed by atoms with Gasteiger partial charge in [0.1, 0.15) is 0 Å². The van der Waals surface area contributed by atoms with E-state index in [1.54, 1.807) is 18.9 Å². The van der Waals surface area contributed by atoms with Crippen LogP contribution in [0.1, 0.15) is 6.92 Å². The summed E-state index contributed by atoms with van der Waals surface area (Å²) >= 11 is 1.76. The summed E-state index contributed by atoms with van der Waals surface area (Å²) in [6.45, 7) is 3.62. The molecule has 0 amide bonds. The minimum Gasteiger partial charge on any atom is -0.384 e. The van der Waals surface area contributed by atoms with Crippen molar-refractivity contribution in [2.24, 2.45) is 0 Å². The summed E-state index contributed by atoms with van der Waals surface area (Å²) in [5, 5.41) is 0. The van der Waals surface area contributed by atoms with Crippen molar-refractivity contribution in [2.45, 2.75) is 6.92 Å². The van der Waals surface area contributed by atoms with Crippen LogP contribution >= 0.6 is 11.8 Å². The Morgan fingerprint density at radius 1 is 1.44 bits per heavy atom. The number of hydrogen-bond acceptors (Lipinski definition) is 3. The number of thioether (sulfide) groups is 1. The largest absolute Gasteiger partial charge is 0.384 e. The zero-order valence-electron chi connectivity index (χ0n) is 6.05. The average Bonchev–Trinajstić information content (AvgIpc) is 1.89. The van der Waals surface area contributed by atoms with E-state index in [1.165, 1.54) is 0 Å². The Morgan fingerprint density at radius 3 is 2.78 bits per heavy atom. The summed E-state index contributed by atoms with van der Waals surface area (Å²) in [5.74, 6) is 1.82. The van der Waals surface area contributed by atoms with Crippen molar-refractivity contribution in [3.8, 4) is 0 Å². The van der Waals surface area contributed by atoms with Gasteiger partial charge in [-0.05, 0) is 6.92 Å². The Bertz CT molecular complexity index is 44.3. The van der Waals surface area contributed by atoms with Crippen molar-refractivity contribution in [2.75, 3.05) is 32.0 Å². The summed E-state index contributed by atoms with van der Waals surface area (Å²) in [5.41, 5.74) is 0.